The largest absolute Gasteiger partial charge is 0.370 e. The third-order valence-corrected chi connectivity index (χ3v) is 6.81. The van der Waals surface area contributed by atoms with Gasteiger partial charge in [0.15, 0.2) is 0 Å². The van der Waals surface area contributed by atoms with E-state index in [2.05, 4.69) is 50.8 Å². The highest BCUT2D eigenvalue weighted by molar-refractivity contribution is 7.10. The first-order valence-corrected chi connectivity index (χ1v) is 11.3. The average molecular weight is 385 g/mol. The maximum atomic E-state index is 6.32. The van der Waals surface area contributed by atoms with Crippen LogP contribution in [0.2, 0.25) is 0 Å². The van der Waals surface area contributed by atoms with Crippen LogP contribution in [-0.4, -0.2) is 37.6 Å². The van der Waals surface area contributed by atoms with Gasteiger partial charge in [0, 0.05) is 35.9 Å². The predicted octanol–water partition coefficient (Wildman–Crippen LogP) is 4.45. The molecule has 1 unspecified atom stereocenters. The summed E-state index contributed by atoms with van der Waals surface area (Å²) < 4.78 is 0. The lowest BCUT2D eigenvalue weighted by Gasteiger charge is -2.31. The molecule has 5 heteroatoms. The minimum Gasteiger partial charge on any atom is -0.370 e. The van der Waals surface area contributed by atoms with Gasteiger partial charge >= 0.3 is 0 Å². The molecule has 4 nitrogen and oxygen atoms in total. The summed E-state index contributed by atoms with van der Waals surface area (Å²) in [6.45, 7) is 6.09. The van der Waals surface area contributed by atoms with Gasteiger partial charge in [-0.2, -0.15) is 0 Å². The van der Waals surface area contributed by atoms with E-state index in [9.17, 15) is 0 Å². The van der Waals surface area contributed by atoms with Gasteiger partial charge in [-0.25, -0.2) is 0 Å². The molecule has 146 valence electrons. The molecule has 3 heterocycles. The Bertz CT molecular complexity index is 709. The average Bonchev–Trinajstić information content (AvgIpc) is 3.16. The molecule has 0 bridgehead atoms. The van der Waals surface area contributed by atoms with E-state index < -0.39 is 0 Å². The van der Waals surface area contributed by atoms with Crippen molar-refractivity contribution in [2.75, 3.05) is 42.9 Å². The van der Waals surface area contributed by atoms with E-state index in [1.165, 1.54) is 80.8 Å². The van der Waals surface area contributed by atoms with Crippen LogP contribution >= 0.6 is 11.3 Å². The third-order valence-electron chi connectivity index (χ3n) is 5.85. The molecule has 0 amide bonds. The number of likely N-dealkylation sites (tertiary alicyclic amines) is 1. The Balaban J connectivity index is 1.43. The van der Waals surface area contributed by atoms with Crippen LogP contribution in [0, 0.1) is 0 Å². The number of hydrogen-bond acceptors (Lipinski definition) is 5. The van der Waals surface area contributed by atoms with Crippen molar-refractivity contribution in [2.24, 2.45) is 5.73 Å². The van der Waals surface area contributed by atoms with Crippen molar-refractivity contribution in [1.29, 1.82) is 0 Å². The molecular weight excluding hydrogens is 352 g/mol. The van der Waals surface area contributed by atoms with Crippen molar-refractivity contribution < 1.29 is 0 Å². The summed E-state index contributed by atoms with van der Waals surface area (Å²) in [4.78, 5) is 6.43. The maximum absolute atomic E-state index is 6.32. The molecule has 3 N–H and O–H groups in total. The number of piperidine rings is 1. The Kier molecular flexibility index (Phi) is 6.32. The number of nitrogens with one attached hydrogen (secondary N) is 1. The Morgan fingerprint density at radius 1 is 1.00 bits per heavy atom. The minimum atomic E-state index is -0.135. The van der Waals surface area contributed by atoms with Gasteiger partial charge in [-0.05, 0) is 80.4 Å². The highest BCUT2D eigenvalue weighted by Gasteiger charge is 2.18. The van der Waals surface area contributed by atoms with E-state index in [-0.39, 0.29) is 6.17 Å². The van der Waals surface area contributed by atoms with Gasteiger partial charge in [-0.15, -0.1) is 11.3 Å². The number of thiophene rings is 1. The van der Waals surface area contributed by atoms with Gasteiger partial charge in [0.1, 0.15) is 6.17 Å². The molecule has 4 rings (SSSR count). The van der Waals surface area contributed by atoms with Crippen molar-refractivity contribution in [1.82, 2.24) is 4.90 Å². The summed E-state index contributed by atoms with van der Waals surface area (Å²) in [6.07, 6.45) is 7.74. The standard InChI is InChI=1S/C22H32N4S/c23-22(21-8-6-16-27-21)24-19-9-10-20-18(17-19)7-2-5-13-26(20)15-14-25-11-3-1-4-12-25/h6,8-10,16-17,22,24H,1-5,7,11-15,23H2. The lowest BCUT2D eigenvalue weighted by atomic mass is 10.1. The first-order chi connectivity index (χ1) is 13.3. The number of fused-ring (bicyclic) bond motifs is 1. The van der Waals surface area contributed by atoms with Crippen molar-refractivity contribution in [3.8, 4) is 0 Å². The van der Waals surface area contributed by atoms with Crippen LogP contribution in [0.5, 0.6) is 0 Å². The van der Waals surface area contributed by atoms with Crippen LogP contribution in [0.1, 0.15) is 48.7 Å². The van der Waals surface area contributed by atoms with E-state index in [0.29, 0.717) is 0 Å². The Hall–Kier alpha value is -1.56. The monoisotopic (exact) mass is 384 g/mol. The zero-order chi connectivity index (χ0) is 18.5. The third kappa shape index (κ3) is 4.84. The molecular formula is C22H32N4S. The van der Waals surface area contributed by atoms with Crippen LogP contribution in [0.25, 0.3) is 0 Å². The Morgan fingerprint density at radius 2 is 1.85 bits per heavy atom. The van der Waals surface area contributed by atoms with Crippen molar-refractivity contribution in [3.63, 3.8) is 0 Å². The fourth-order valence-electron chi connectivity index (χ4n) is 4.32. The zero-order valence-electron chi connectivity index (χ0n) is 16.2. The number of hydrogen-bond donors (Lipinski definition) is 2. The lowest BCUT2D eigenvalue weighted by molar-refractivity contribution is 0.233. The molecule has 0 radical (unpaired) electrons. The van der Waals surface area contributed by atoms with Gasteiger partial charge in [-0.1, -0.05) is 12.5 Å². The quantitative estimate of drug-likeness (QED) is 0.723. The molecule has 1 saturated heterocycles. The van der Waals surface area contributed by atoms with Crippen LogP contribution in [0.3, 0.4) is 0 Å². The topological polar surface area (TPSA) is 44.5 Å². The van der Waals surface area contributed by atoms with Crippen LogP contribution in [-0.2, 0) is 6.42 Å². The van der Waals surface area contributed by atoms with Crippen molar-refractivity contribution >= 4 is 22.7 Å². The lowest BCUT2D eigenvalue weighted by Crippen LogP contribution is -2.38. The summed E-state index contributed by atoms with van der Waals surface area (Å²) in [5.74, 6) is 0. The fraction of sp³-hybridized carbons (Fsp3) is 0.545. The number of nitrogens with two attached hydrogens (primary N) is 1. The van der Waals surface area contributed by atoms with Crippen LogP contribution in [0.4, 0.5) is 11.4 Å². The predicted molar refractivity (Wildman–Crippen MR) is 117 cm³/mol. The molecule has 0 spiro atoms. The molecule has 2 aromatic rings. The summed E-state index contributed by atoms with van der Waals surface area (Å²) in [5.41, 5.74) is 10.3. The molecule has 1 fully saturated rings. The highest BCUT2D eigenvalue weighted by atomic mass is 32.1. The van der Waals surface area contributed by atoms with E-state index in [1.807, 2.05) is 0 Å². The second-order valence-electron chi connectivity index (χ2n) is 7.83. The second-order valence-corrected chi connectivity index (χ2v) is 8.81. The molecule has 1 aromatic carbocycles. The van der Waals surface area contributed by atoms with E-state index >= 15 is 0 Å². The van der Waals surface area contributed by atoms with E-state index in [4.69, 9.17) is 5.73 Å². The molecule has 2 aliphatic heterocycles. The smallest absolute Gasteiger partial charge is 0.110 e. The number of benzene rings is 1. The van der Waals surface area contributed by atoms with Gasteiger partial charge in [0.2, 0.25) is 0 Å². The van der Waals surface area contributed by atoms with E-state index in [0.717, 1.165) is 12.2 Å². The number of nitrogens with zero attached hydrogens (tertiary/aromatic N) is 2. The number of rotatable bonds is 6. The van der Waals surface area contributed by atoms with E-state index in [1.54, 1.807) is 11.3 Å². The normalized spacial score (nSPS) is 19.4. The molecule has 1 atom stereocenters. The van der Waals surface area contributed by atoms with Crippen LogP contribution < -0.4 is 16.0 Å². The van der Waals surface area contributed by atoms with Gasteiger partial charge in [-0.3, -0.25) is 0 Å². The summed E-state index contributed by atoms with van der Waals surface area (Å²) >= 11 is 1.70. The highest BCUT2D eigenvalue weighted by Crippen LogP contribution is 2.30. The van der Waals surface area contributed by atoms with Crippen LogP contribution in [0.15, 0.2) is 35.7 Å². The molecule has 1 aromatic heterocycles. The molecule has 27 heavy (non-hydrogen) atoms. The number of aryl methyl sites for hydroxylation is 1. The summed E-state index contributed by atoms with van der Waals surface area (Å²) in [7, 11) is 0. The van der Waals surface area contributed by atoms with Crippen molar-refractivity contribution in [2.45, 2.75) is 44.7 Å². The zero-order valence-corrected chi connectivity index (χ0v) is 17.0. The van der Waals surface area contributed by atoms with Gasteiger partial charge < -0.3 is 20.9 Å². The van der Waals surface area contributed by atoms with Gasteiger partial charge in [0.05, 0.1) is 0 Å². The van der Waals surface area contributed by atoms with Crippen molar-refractivity contribution in [3.05, 3.63) is 46.2 Å². The first kappa shape index (κ1) is 18.8. The van der Waals surface area contributed by atoms with Gasteiger partial charge in [0.25, 0.3) is 0 Å². The molecule has 0 saturated carbocycles. The fourth-order valence-corrected chi connectivity index (χ4v) is 5.00. The Morgan fingerprint density at radius 3 is 2.67 bits per heavy atom. The summed E-state index contributed by atoms with van der Waals surface area (Å²) in [6, 6.07) is 11.0. The first-order valence-electron chi connectivity index (χ1n) is 10.5. The minimum absolute atomic E-state index is 0.135. The summed E-state index contributed by atoms with van der Waals surface area (Å²) in [5, 5.41) is 5.55. The maximum Gasteiger partial charge on any atom is 0.110 e. The molecule has 2 aliphatic rings. The Labute approximate surface area is 167 Å². The molecule has 0 aliphatic carbocycles. The SMILES string of the molecule is NC(Nc1ccc2c(c1)CCCCN2CCN1CCCCC1)c1cccs1. The number of anilines is 2. The second kappa shape index (κ2) is 9.09.